The van der Waals surface area contributed by atoms with Crippen molar-refractivity contribution in [3.05, 3.63) is 63.2 Å². The second kappa shape index (κ2) is 6.93. The fraction of sp³-hybridized carbons (Fsp3) is 0.118. The van der Waals surface area contributed by atoms with Gasteiger partial charge in [0, 0.05) is 29.7 Å². The second-order valence-electron chi connectivity index (χ2n) is 5.28. The molecule has 7 heteroatoms. The molecule has 24 heavy (non-hydrogen) atoms. The molecule has 0 aliphatic rings. The van der Waals surface area contributed by atoms with Gasteiger partial charge in [-0.05, 0) is 30.3 Å². The van der Waals surface area contributed by atoms with Crippen LogP contribution in [-0.2, 0) is 13.6 Å². The Balaban J connectivity index is 1.82. The van der Waals surface area contributed by atoms with Gasteiger partial charge < -0.3 is 15.0 Å². The van der Waals surface area contributed by atoms with Crippen LogP contribution < -0.4 is 5.32 Å². The lowest BCUT2D eigenvalue weighted by Crippen LogP contribution is -2.06. The number of imidazole rings is 1. The van der Waals surface area contributed by atoms with Crippen LogP contribution in [-0.4, -0.2) is 14.7 Å². The van der Waals surface area contributed by atoms with Crippen LogP contribution in [0.4, 0.5) is 5.95 Å². The zero-order chi connectivity index (χ0) is 17.3. The third-order valence-corrected chi connectivity index (χ3v) is 4.66. The molecule has 0 radical (unpaired) electrons. The fourth-order valence-corrected chi connectivity index (χ4v) is 2.86. The molecule has 1 heterocycles. The highest BCUT2D eigenvalue weighted by Crippen LogP contribution is 2.29. The Morgan fingerprint density at radius 3 is 2.62 bits per heavy atom. The molecule has 0 amide bonds. The summed E-state index contributed by atoms with van der Waals surface area (Å²) < 4.78 is 1.90. The van der Waals surface area contributed by atoms with Gasteiger partial charge in [0.2, 0.25) is 5.95 Å². The number of aromatic hydroxyl groups is 1. The van der Waals surface area contributed by atoms with Crippen molar-refractivity contribution in [2.75, 3.05) is 5.32 Å². The summed E-state index contributed by atoms with van der Waals surface area (Å²) in [5, 5.41) is 14.6. The number of halogens is 3. The third-order valence-electron chi connectivity index (χ3n) is 3.68. The van der Waals surface area contributed by atoms with Gasteiger partial charge in [-0.3, -0.25) is 0 Å². The van der Waals surface area contributed by atoms with Gasteiger partial charge in [-0.25, -0.2) is 4.98 Å². The maximum Gasteiger partial charge on any atom is 0.203 e. The van der Waals surface area contributed by atoms with Crippen LogP contribution in [0.25, 0.3) is 11.3 Å². The van der Waals surface area contributed by atoms with Crippen LogP contribution in [0.3, 0.4) is 0 Å². The van der Waals surface area contributed by atoms with Crippen molar-refractivity contribution in [3.8, 4) is 17.0 Å². The van der Waals surface area contributed by atoms with Gasteiger partial charge >= 0.3 is 0 Å². The highest BCUT2D eigenvalue weighted by atomic mass is 35.5. The normalized spacial score (nSPS) is 10.8. The van der Waals surface area contributed by atoms with Crippen LogP contribution in [0, 0.1) is 0 Å². The Morgan fingerprint density at radius 2 is 1.88 bits per heavy atom. The third kappa shape index (κ3) is 3.46. The molecule has 0 spiro atoms. The average Bonchev–Trinajstić information content (AvgIpc) is 2.92. The van der Waals surface area contributed by atoms with E-state index in [0.29, 0.717) is 33.1 Å². The lowest BCUT2D eigenvalue weighted by Gasteiger charge is -2.10. The number of nitrogens with one attached hydrogen (secondary N) is 1. The molecule has 124 valence electrons. The van der Waals surface area contributed by atoms with Crippen molar-refractivity contribution >= 4 is 40.8 Å². The molecule has 3 rings (SSSR count). The van der Waals surface area contributed by atoms with Gasteiger partial charge in [0.1, 0.15) is 5.75 Å². The maximum absolute atomic E-state index is 9.87. The SMILES string of the molecule is Cn1c(-c2ccc(Cl)c(Cl)c2)cnc1NCc1cc(Cl)ccc1O. The Kier molecular flexibility index (Phi) is 4.90. The molecule has 4 nitrogen and oxygen atoms in total. The molecule has 0 bridgehead atoms. The molecule has 2 N–H and O–H groups in total. The molecule has 0 fully saturated rings. The lowest BCUT2D eigenvalue weighted by molar-refractivity contribution is 0.469. The minimum Gasteiger partial charge on any atom is -0.508 e. The molecular formula is C17H14Cl3N3O. The lowest BCUT2D eigenvalue weighted by atomic mass is 10.2. The number of phenolic OH excluding ortho intramolecular Hbond substituents is 1. The quantitative estimate of drug-likeness (QED) is 0.638. The molecule has 3 aromatic rings. The van der Waals surface area contributed by atoms with E-state index in [2.05, 4.69) is 10.3 Å². The Morgan fingerprint density at radius 1 is 1.08 bits per heavy atom. The largest absolute Gasteiger partial charge is 0.508 e. The Hall–Kier alpha value is -1.88. The van der Waals surface area contributed by atoms with Crippen LogP contribution >= 0.6 is 34.8 Å². The zero-order valence-electron chi connectivity index (χ0n) is 12.7. The summed E-state index contributed by atoms with van der Waals surface area (Å²) in [6.45, 7) is 0.401. The van der Waals surface area contributed by atoms with Gasteiger partial charge in [-0.15, -0.1) is 0 Å². The van der Waals surface area contributed by atoms with Gasteiger partial charge in [-0.1, -0.05) is 40.9 Å². The van der Waals surface area contributed by atoms with Crippen LogP contribution in [0.2, 0.25) is 15.1 Å². The van der Waals surface area contributed by atoms with Gasteiger partial charge in [0.05, 0.1) is 21.9 Å². The average molecular weight is 383 g/mol. The summed E-state index contributed by atoms with van der Waals surface area (Å²) in [6.07, 6.45) is 1.75. The summed E-state index contributed by atoms with van der Waals surface area (Å²) in [5.74, 6) is 0.848. The predicted molar refractivity (Wildman–Crippen MR) is 99.1 cm³/mol. The highest BCUT2D eigenvalue weighted by molar-refractivity contribution is 6.42. The highest BCUT2D eigenvalue weighted by Gasteiger charge is 2.11. The van der Waals surface area contributed by atoms with E-state index in [1.54, 1.807) is 36.5 Å². The number of hydrogen-bond acceptors (Lipinski definition) is 3. The standard InChI is InChI=1S/C17H14Cl3N3O/c1-23-15(10-2-4-13(19)14(20)7-10)9-22-17(23)21-8-11-6-12(18)3-5-16(11)24/h2-7,9,24H,8H2,1H3,(H,21,22). The van der Waals surface area contributed by atoms with Crippen LogP contribution in [0.1, 0.15) is 5.56 Å². The van der Waals surface area contributed by atoms with E-state index in [4.69, 9.17) is 34.8 Å². The van der Waals surface area contributed by atoms with E-state index in [1.165, 1.54) is 0 Å². The molecule has 0 aliphatic carbocycles. The summed E-state index contributed by atoms with van der Waals surface area (Å²) in [7, 11) is 1.89. The first-order valence-corrected chi connectivity index (χ1v) is 8.27. The van der Waals surface area contributed by atoms with Gasteiger partial charge in [0.25, 0.3) is 0 Å². The summed E-state index contributed by atoms with van der Waals surface area (Å²) in [6, 6.07) is 10.4. The van der Waals surface area contributed by atoms with Gasteiger partial charge in [-0.2, -0.15) is 0 Å². The minimum atomic E-state index is 0.186. The molecule has 0 atom stereocenters. The number of rotatable bonds is 4. The fourth-order valence-electron chi connectivity index (χ4n) is 2.37. The maximum atomic E-state index is 9.87. The van der Waals surface area contributed by atoms with E-state index in [-0.39, 0.29) is 5.75 Å². The topological polar surface area (TPSA) is 50.1 Å². The molecule has 2 aromatic carbocycles. The van der Waals surface area contributed by atoms with Crippen molar-refractivity contribution < 1.29 is 5.11 Å². The molecular weight excluding hydrogens is 369 g/mol. The summed E-state index contributed by atoms with van der Waals surface area (Å²) >= 11 is 18.0. The van der Waals surface area contributed by atoms with Crippen molar-refractivity contribution in [2.45, 2.75) is 6.54 Å². The first-order chi connectivity index (χ1) is 11.5. The number of nitrogens with zero attached hydrogens (tertiary/aromatic N) is 2. The first-order valence-electron chi connectivity index (χ1n) is 7.14. The number of benzene rings is 2. The molecule has 0 aliphatic heterocycles. The van der Waals surface area contributed by atoms with Gasteiger partial charge in [0.15, 0.2) is 0 Å². The Labute approximate surface area is 154 Å². The van der Waals surface area contributed by atoms with Crippen LogP contribution in [0.5, 0.6) is 5.75 Å². The van der Waals surface area contributed by atoms with Crippen molar-refractivity contribution in [2.24, 2.45) is 7.05 Å². The first kappa shape index (κ1) is 17.0. The number of phenols is 1. The molecule has 0 saturated heterocycles. The van der Waals surface area contributed by atoms with Crippen molar-refractivity contribution in [3.63, 3.8) is 0 Å². The number of hydrogen-bond donors (Lipinski definition) is 2. The molecule has 0 saturated carbocycles. The van der Waals surface area contributed by atoms with Crippen molar-refractivity contribution in [1.29, 1.82) is 0 Å². The monoisotopic (exact) mass is 381 g/mol. The minimum absolute atomic E-state index is 0.186. The smallest absolute Gasteiger partial charge is 0.203 e. The van der Waals surface area contributed by atoms with Crippen molar-refractivity contribution in [1.82, 2.24) is 9.55 Å². The van der Waals surface area contributed by atoms with E-state index in [1.807, 2.05) is 17.7 Å². The molecule has 0 unspecified atom stereocenters. The van der Waals surface area contributed by atoms with E-state index in [0.717, 1.165) is 11.3 Å². The second-order valence-corrected chi connectivity index (χ2v) is 6.53. The zero-order valence-corrected chi connectivity index (χ0v) is 15.0. The van der Waals surface area contributed by atoms with E-state index >= 15 is 0 Å². The summed E-state index contributed by atoms with van der Waals surface area (Å²) in [5.41, 5.74) is 2.51. The van der Waals surface area contributed by atoms with Crippen LogP contribution in [0.15, 0.2) is 42.6 Å². The van der Waals surface area contributed by atoms with E-state index in [9.17, 15) is 5.11 Å². The summed E-state index contributed by atoms with van der Waals surface area (Å²) in [4.78, 5) is 4.37. The van der Waals surface area contributed by atoms with E-state index < -0.39 is 0 Å². The Bertz CT molecular complexity index is 893. The number of anilines is 1. The number of aromatic nitrogens is 2. The molecule has 1 aromatic heterocycles. The predicted octanol–water partition coefficient (Wildman–Crippen LogP) is 5.37.